The first-order valence-corrected chi connectivity index (χ1v) is 6.93. The van der Waals surface area contributed by atoms with E-state index >= 15 is 0 Å². The molecule has 5 heteroatoms. The molecule has 20 heavy (non-hydrogen) atoms. The Kier molecular flexibility index (Phi) is 4.39. The molecule has 0 amide bonds. The van der Waals surface area contributed by atoms with E-state index < -0.39 is 0 Å². The summed E-state index contributed by atoms with van der Waals surface area (Å²) in [5.74, 6) is -0.337. The number of ether oxygens (including phenoxy) is 1. The van der Waals surface area contributed by atoms with E-state index in [2.05, 4.69) is 10.6 Å². The number of carbonyl (C=O) groups excluding carboxylic acids is 1. The van der Waals surface area contributed by atoms with Gasteiger partial charge in [0.05, 0.1) is 18.7 Å². The predicted molar refractivity (Wildman–Crippen MR) is 82.1 cm³/mol. The van der Waals surface area contributed by atoms with Gasteiger partial charge in [-0.1, -0.05) is 36.8 Å². The van der Waals surface area contributed by atoms with E-state index in [4.69, 9.17) is 17.0 Å². The average molecular weight is 290 g/mol. The minimum Gasteiger partial charge on any atom is -0.466 e. The third-order valence-electron chi connectivity index (χ3n) is 3.29. The molecule has 4 nitrogen and oxygen atoms in total. The lowest BCUT2D eigenvalue weighted by Gasteiger charge is -2.30. The van der Waals surface area contributed by atoms with E-state index in [1.165, 1.54) is 7.11 Å². The standard InChI is InChI=1S/C15H18N2O2S/c1-4-11-12(14(18)19-3)13(17-15(20)16-11)10-7-5-6-9(2)8-10/h5-8,13H,4H2,1-3H3,(H2,16,17,20)/t13-/m0/s1. The zero-order chi connectivity index (χ0) is 14.7. The molecule has 1 aromatic rings. The maximum absolute atomic E-state index is 12.1. The van der Waals surface area contributed by atoms with Gasteiger partial charge in [-0.15, -0.1) is 0 Å². The van der Waals surface area contributed by atoms with Gasteiger partial charge in [0.1, 0.15) is 0 Å². The van der Waals surface area contributed by atoms with E-state index in [9.17, 15) is 4.79 Å². The molecule has 0 saturated carbocycles. The molecule has 1 heterocycles. The molecule has 1 aliphatic rings. The van der Waals surface area contributed by atoms with Crippen LogP contribution in [0.15, 0.2) is 35.5 Å². The van der Waals surface area contributed by atoms with E-state index in [1.807, 2.05) is 38.1 Å². The Labute approximate surface area is 124 Å². The van der Waals surface area contributed by atoms with E-state index in [-0.39, 0.29) is 12.0 Å². The van der Waals surface area contributed by atoms with Crippen LogP contribution in [0, 0.1) is 6.92 Å². The summed E-state index contributed by atoms with van der Waals surface area (Å²) < 4.78 is 4.92. The number of hydrogen-bond donors (Lipinski definition) is 2. The molecule has 0 saturated heterocycles. The molecule has 106 valence electrons. The molecule has 2 rings (SSSR count). The van der Waals surface area contributed by atoms with Crippen molar-refractivity contribution in [3.05, 3.63) is 46.7 Å². The maximum Gasteiger partial charge on any atom is 0.337 e. The van der Waals surface area contributed by atoms with E-state index in [0.717, 1.165) is 16.8 Å². The van der Waals surface area contributed by atoms with Gasteiger partial charge < -0.3 is 15.4 Å². The van der Waals surface area contributed by atoms with E-state index in [1.54, 1.807) is 0 Å². The predicted octanol–water partition coefficient (Wildman–Crippen LogP) is 2.35. The molecular weight excluding hydrogens is 272 g/mol. The lowest BCUT2D eigenvalue weighted by atomic mass is 9.93. The topological polar surface area (TPSA) is 50.4 Å². The van der Waals surface area contributed by atoms with Crippen LogP contribution in [0.1, 0.15) is 30.5 Å². The molecule has 0 unspecified atom stereocenters. The van der Waals surface area contributed by atoms with Crippen LogP contribution >= 0.6 is 12.2 Å². The fourth-order valence-corrected chi connectivity index (χ4v) is 2.59. The number of carbonyl (C=O) groups is 1. The Morgan fingerprint density at radius 1 is 1.45 bits per heavy atom. The summed E-state index contributed by atoms with van der Waals surface area (Å²) in [6.07, 6.45) is 0.689. The van der Waals surface area contributed by atoms with Gasteiger partial charge in [-0.3, -0.25) is 0 Å². The lowest BCUT2D eigenvalue weighted by Crippen LogP contribution is -2.45. The van der Waals surface area contributed by atoms with Crippen molar-refractivity contribution < 1.29 is 9.53 Å². The Bertz CT molecular complexity index is 581. The maximum atomic E-state index is 12.1. The third-order valence-corrected chi connectivity index (χ3v) is 3.51. The van der Waals surface area contributed by atoms with Crippen molar-refractivity contribution in [1.82, 2.24) is 10.6 Å². The zero-order valence-electron chi connectivity index (χ0n) is 11.8. The van der Waals surface area contributed by atoms with Gasteiger partial charge in [-0.25, -0.2) is 4.79 Å². The summed E-state index contributed by atoms with van der Waals surface area (Å²) in [6, 6.07) is 7.74. The number of nitrogens with one attached hydrogen (secondary N) is 2. The normalized spacial score (nSPS) is 18.4. The molecule has 0 fully saturated rings. The lowest BCUT2D eigenvalue weighted by molar-refractivity contribution is -0.136. The summed E-state index contributed by atoms with van der Waals surface area (Å²) in [5.41, 5.74) is 3.54. The molecule has 1 aliphatic heterocycles. The Morgan fingerprint density at radius 3 is 2.80 bits per heavy atom. The summed E-state index contributed by atoms with van der Waals surface area (Å²) in [7, 11) is 1.39. The summed E-state index contributed by atoms with van der Waals surface area (Å²) in [5, 5.41) is 6.72. The number of esters is 1. The molecule has 0 radical (unpaired) electrons. The third kappa shape index (κ3) is 2.82. The van der Waals surface area contributed by atoms with Gasteiger partial charge in [0, 0.05) is 5.70 Å². The van der Waals surface area contributed by atoms with Gasteiger partial charge in [-0.2, -0.15) is 0 Å². The van der Waals surface area contributed by atoms with Crippen LogP contribution < -0.4 is 10.6 Å². The van der Waals surface area contributed by atoms with Gasteiger partial charge in [-0.05, 0) is 31.1 Å². The zero-order valence-corrected chi connectivity index (χ0v) is 12.6. The summed E-state index contributed by atoms with van der Waals surface area (Å²) in [6.45, 7) is 4.00. The molecule has 0 spiro atoms. The van der Waals surface area contributed by atoms with Crippen LogP contribution in [0.3, 0.4) is 0 Å². The second-order valence-electron chi connectivity index (χ2n) is 4.68. The monoisotopic (exact) mass is 290 g/mol. The fourth-order valence-electron chi connectivity index (χ4n) is 2.35. The highest BCUT2D eigenvalue weighted by Crippen LogP contribution is 2.29. The number of aryl methyl sites for hydroxylation is 1. The summed E-state index contributed by atoms with van der Waals surface area (Å²) in [4.78, 5) is 12.1. The molecule has 2 N–H and O–H groups in total. The molecule has 0 aliphatic carbocycles. The largest absolute Gasteiger partial charge is 0.466 e. The number of methoxy groups -OCH3 is 1. The second kappa shape index (κ2) is 6.05. The van der Waals surface area contributed by atoms with Crippen molar-refractivity contribution >= 4 is 23.3 Å². The highest BCUT2D eigenvalue weighted by Gasteiger charge is 2.31. The number of benzene rings is 1. The number of rotatable bonds is 3. The van der Waals surface area contributed by atoms with Crippen molar-refractivity contribution in [2.75, 3.05) is 7.11 Å². The van der Waals surface area contributed by atoms with Crippen molar-refractivity contribution in [2.45, 2.75) is 26.3 Å². The first-order valence-electron chi connectivity index (χ1n) is 6.52. The smallest absolute Gasteiger partial charge is 0.337 e. The van der Waals surface area contributed by atoms with E-state index in [0.29, 0.717) is 17.1 Å². The molecule has 1 aromatic carbocycles. The van der Waals surface area contributed by atoms with Gasteiger partial charge in [0.15, 0.2) is 5.11 Å². The summed E-state index contributed by atoms with van der Waals surface area (Å²) >= 11 is 5.23. The van der Waals surface area contributed by atoms with Crippen molar-refractivity contribution in [2.24, 2.45) is 0 Å². The molecule has 1 atom stereocenters. The minimum absolute atomic E-state index is 0.272. The molecule has 0 aromatic heterocycles. The van der Waals surface area contributed by atoms with Crippen LogP contribution in [0.2, 0.25) is 0 Å². The van der Waals surface area contributed by atoms with Crippen LogP contribution in [0.5, 0.6) is 0 Å². The van der Waals surface area contributed by atoms with Gasteiger partial charge >= 0.3 is 5.97 Å². The first kappa shape index (κ1) is 14.5. The highest BCUT2D eigenvalue weighted by atomic mass is 32.1. The van der Waals surface area contributed by atoms with Crippen LogP contribution in [0.4, 0.5) is 0 Å². The molecule has 0 bridgehead atoms. The van der Waals surface area contributed by atoms with Crippen LogP contribution in [0.25, 0.3) is 0 Å². The molecular formula is C15H18N2O2S. The quantitative estimate of drug-likeness (QED) is 0.661. The number of thiocarbonyl (C=S) groups is 1. The van der Waals surface area contributed by atoms with Gasteiger partial charge in [0.25, 0.3) is 0 Å². The SMILES string of the molecule is CCC1=C(C(=O)OC)[C@H](c2cccc(C)c2)NC(=S)N1. The minimum atomic E-state index is -0.337. The van der Waals surface area contributed by atoms with Gasteiger partial charge in [0.2, 0.25) is 0 Å². The van der Waals surface area contributed by atoms with Crippen LogP contribution in [-0.4, -0.2) is 18.2 Å². The average Bonchev–Trinajstić information content (AvgIpc) is 2.45. The van der Waals surface area contributed by atoms with Crippen LogP contribution in [-0.2, 0) is 9.53 Å². The number of allylic oxidation sites excluding steroid dienone is 1. The van der Waals surface area contributed by atoms with Crippen molar-refractivity contribution in [3.8, 4) is 0 Å². The highest BCUT2D eigenvalue weighted by molar-refractivity contribution is 7.80. The Balaban J connectivity index is 2.53. The Morgan fingerprint density at radius 2 is 2.20 bits per heavy atom. The van der Waals surface area contributed by atoms with Crippen molar-refractivity contribution in [3.63, 3.8) is 0 Å². The fraction of sp³-hybridized carbons (Fsp3) is 0.333. The number of hydrogen-bond acceptors (Lipinski definition) is 3. The Hall–Kier alpha value is -1.88. The first-order chi connectivity index (χ1) is 9.56. The second-order valence-corrected chi connectivity index (χ2v) is 5.09. The van der Waals surface area contributed by atoms with Crippen molar-refractivity contribution in [1.29, 1.82) is 0 Å².